The molecule has 0 N–H and O–H groups in total. The molecule has 3 rings (SSSR count). The first-order valence-corrected chi connectivity index (χ1v) is 6.43. The number of hydrogen-bond donors (Lipinski definition) is 0. The molecule has 1 fully saturated rings. The van der Waals surface area contributed by atoms with E-state index in [1.54, 1.807) is 0 Å². The third-order valence-corrected chi connectivity index (χ3v) is 3.80. The fraction of sp³-hybridized carbons (Fsp3) is 0.462. The Morgan fingerprint density at radius 1 is 1.41 bits per heavy atom. The maximum absolute atomic E-state index is 5.96. The number of fused-ring (bicyclic) bond motifs is 1. The maximum atomic E-state index is 5.96. The summed E-state index contributed by atoms with van der Waals surface area (Å²) in [6.07, 6.45) is 7.63. The Morgan fingerprint density at radius 2 is 2.29 bits per heavy atom. The lowest BCUT2D eigenvalue weighted by Gasteiger charge is -2.17. The highest BCUT2D eigenvalue weighted by atomic mass is 35.5. The molecule has 3 nitrogen and oxygen atoms in total. The molecule has 90 valence electrons. The Labute approximate surface area is 106 Å². The van der Waals surface area contributed by atoms with E-state index in [9.17, 15) is 0 Å². The third kappa shape index (κ3) is 2.17. The summed E-state index contributed by atoms with van der Waals surface area (Å²) in [4.78, 5) is 7.06. The van der Waals surface area contributed by atoms with Crippen LogP contribution >= 0.6 is 11.6 Å². The lowest BCUT2D eigenvalue weighted by molar-refractivity contribution is 0.308. The molecule has 0 radical (unpaired) electrons. The Hall–Kier alpha value is -1.06. The van der Waals surface area contributed by atoms with E-state index in [0.717, 1.165) is 22.8 Å². The number of pyridine rings is 1. The summed E-state index contributed by atoms with van der Waals surface area (Å²) in [5.74, 6) is 0. The fourth-order valence-electron chi connectivity index (χ4n) is 2.59. The van der Waals surface area contributed by atoms with Crippen molar-refractivity contribution in [3.63, 3.8) is 0 Å². The van der Waals surface area contributed by atoms with Crippen LogP contribution in [0.5, 0.6) is 0 Å². The van der Waals surface area contributed by atoms with Crippen molar-refractivity contribution in [2.24, 2.45) is 0 Å². The Morgan fingerprint density at radius 3 is 3.06 bits per heavy atom. The molecule has 1 aliphatic rings. The molecule has 0 aromatic carbocycles. The maximum Gasteiger partial charge on any atom is 0.137 e. The number of aromatic nitrogens is 2. The first-order chi connectivity index (χ1) is 8.22. The zero-order valence-electron chi connectivity index (χ0n) is 9.93. The van der Waals surface area contributed by atoms with Gasteiger partial charge in [-0.3, -0.25) is 0 Å². The molecule has 4 heteroatoms. The molecule has 1 atom stereocenters. The second kappa shape index (κ2) is 4.31. The molecule has 17 heavy (non-hydrogen) atoms. The largest absolute Gasteiger partial charge is 0.305 e. The summed E-state index contributed by atoms with van der Waals surface area (Å²) in [5, 5.41) is 0.749. The van der Waals surface area contributed by atoms with Gasteiger partial charge in [-0.25, -0.2) is 4.98 Å². The third-order valence-electron chi connectivity index (χ3n) is 3.58. The van der Waals surface area contributed by atoms with Crippen molar-refractivity contribution in [2.75, 3.05) is 13.6 Å². The molecule has 0 aliphatic carbocycles. The van der Waals surface area contributed by atoms with Crippen molar-refractivity contribution in [3.05, 3.63) is 35.2 Å². The van der Waals surface area contributed by atoms with Crippen LogP contribution in [0.2, 0.25) is 5.02 Å². The van der Waals surface area contributed by atoms with Crippen LogP contribution in [0.1, 0.15) is 18.5 Å². The molecule has 0 saturated carbocycles. The highest BCUT2D eigenvalue weighted by Crippen LogP contribution is 2.19. The van der Waals surface area contributed by atoms with Crippen molar-refractivity contribution in [1.82, 2.24) is 14.3 Å². The summed E-state index contributed by atoms with van der Waals surface area (Å²) < 4.78 is 2.01. The van der Waals surface area contributed by atoms with Crippen LogP contribution in [-0.4, -0.2) is 33.9 Å². The molecule has 2 aromatic rings. The quantitative estimate of drug-likeness (QED) is 0.816. The van der Waals surface area contributed by atoms with Crippen LogP contribution in [0.25, 0.3) is 5.65 Å². The van der Waals surface area contributed by atoms with Gasteiger partial charge in [0, 0.05) is 24.9 Å². The average molecular weight is 250 g/mol. The molecule has 2 aromatic heterocycles. The van der Waals surface area contributed by atoms with Crippen LogP contribution in [0.15, 0.2) is 24.5 Å². The van der Waals surface area contributed by atoms with Gasteiger partial charge >= 0.3 is 0 Å². The van der Waals surface area contributed by atoms with E-state index in [1.807, 2.05) is 22.7 Å². The predicted molar refractivity (Wildman–Crippen MR) is 69.6 cm³/mol. The van der Waals surface area contributed by atoms with Crippen molar-refractivity contribution in [3.8, 4) is 0 Å². The van der Waals surface area contributed by atoms with Gasteiger partial charge in [0.2, 0.25) is 0 Å². The molecule has 1 unspecified atom stereocenters. The van der Waals surface area contributed by atoms with E-state index >= 15 is 0 Å². The number of rotatable bonds is 2. The first kappa shape index (κ1) is 11.1. The highest BCUT2D eigenvalue weighted by Gasteiger charge is 2.21. The van der Waals surface area contributed by atoms with Crippen LogP contribution in [-0.2, 0) is 6.42 Å². The lowest BCUT2D eigenvalue weighted by Crippen LogP contribution is -2.26. The Balaban J connectivity index is 1.85. The highest BCUT2D eigenvalue weighted by molar-refractivity contribution is 6.30. The van der Waals surface area contributed by atoms with Gasteiger partial charge in [0.05, 0.1) is 10.7 Å². The van der Waals surface area contributed by atoms with Crippen LogP contribution < -0.4 is 0 Å². The van der Waals surface area contributed by atoms with E-state index in [1.165, 1.54) is 19.4 Å². The zero-order chi connectivity index (χ0) is 11.8. The minimum absolute atomic E-state index is 0.649. The molecular weight excluding hydrogens is 234 g/mol. The van der Waals surface area contributed by atoms with Gasteiger partial charge in [-0.05, 0) is 38.6 Å². The first-order valence-electron chi connectivity index (χ1n) is 6.06. The van der Waals surface area contributed by atoms with Gasteiger partial charge in [-0.2, -0.15) is 0 Å². The number of likely N-dealkylation sites (tertiary alicyclic amines) is 1. The zero-order valence-corrected chi connectivity index (χ0v) is 10.7. The lowest BCUT2D eigenvalue weighted by atomic mass is 10.1. The van der Waals surface area contributed by atoms with Crippen molar-refractivity contribution in [2.45, 2.75) is 25.3 Å². The van der Waals surface area contributed by atoms with E-state index in [4.69, 9.17) is 11.6 Å². The van der Waals surface area contributed by atoms with Crippen molar-refractivity contribution in [1.29, 1.82) is 0 Å². The summed E-state index contributed by atoms with van der Waals surface area (Å²) in [5.41, 5.74) is 2.14. The van der Waals surface area contributed by atoms with E-state index in [-0.39, 0.29) is 0 Å². The van der Waals surface area contributed by atoms with Crippen molar-refractivity contribution >= 4 is 17.2 Å². The summed E-state index contributed by atoms with van der Waals surface area (Å²) in [6, 6.07) is 4.50. The normalized spacial score (nSPS) is 21.4. The number of likely N-dealkylation sites (N-methyl/N-ethyl adjacent to an activating group) is 1. The van der Waals surface area contributed by atoms with Gasteiger partial charge in [-0.15, -0.1) is 0 Å². The van der Waals surface area contributed by atoms with Gasteiger partial charge in [0.25, 0.3) is 0 Å². The molecular formula is C13H16ClN3. The SMILES string of the molecule is CN1CCCC1Cc1cn2cc(Cl)ccc2n1. The van der Waals surface area contributed by atoms with Gasteiger partial charge < -0.3 is 9.30 Å². The van der Waals surface area contributed by atoms with Gasteiger partial charge in [-0.1, -0.05) is 11.6 Å². The molecule has 0 spiro atoms. The summed E-state index contributed by atoms with van der Waals surface area (Å²) in [7, 11) is 2.20. The Kier molecular flexibility index (Phi) is 2.81. The number of imidazole rings is 1. The van der Waals surface area contributed by atoms with Crippen LogP contribution in [0.3, 0.4) is 0 Å². The van der Waals surface area contributed by atoms with E-state index in [2.05, 4.69) is 23.1 Å². The summed E-state index contributed by atoms with van der Waals surface area (Å²) >= 11 is 5.96. The number of nitrogens with zero attached hydrogens (tertiary/aromatic N) is 3. The molecule has 1 aliphatic heterocycles. The monoisotopic (exact) mass is 249 g/mol. The predicted octanol–water partition coefficient (Wildman–Crippen LogP) is 2.62. The minimum atomic E-state index is 0.649. The number of hydrogen-bond acceptors (Lipinski definition) is 2. The van der Waals surface area contributed by atoms with E-state index in [0.29, 0.717) is 6.04 Å². The topological polar surface area (TPSA) is 20.5 Å². The van der Waals surface area contributed by atoms with E-state index < -0.39 is 0 Å². The minimum Gasteiger partial charge on any atom is -0.305 e. The molecule has 3 heterocycles. The summed E-state index contributed by atoms with van der Waals surface area (Å²) in [6.45, 7) is 1.21. The molecule has 0 amide bonds. The molecule has 0 bridgehead atoms. The Bertz CT molecular complexity index is 534. The van der Waals surface area contributed by atoms with Gasteiger partial charge in [0.15, 0.2) is 0 Å². The number of halogens is 1. The van der Waals surface area contributed by atoms with Gasteiger partial charge in [0.1, 0.15) is 5.65 Å². The molecule has 1 saturated heterocycles. The van der Waals surface area contributed by atoms with Crippen LogP contribution in [0.4, 0.5) is 0 Å². The second-order valence-corrected chi connectivity index (χ2v) is 5.26. The fourth-order valence-corrected chi connectivity index (χ4v) is 2.76. The average Bonchev–Trinajstić information content (AvgIpc) is 2.85. The standard InChI is InChI=1S/C13H16ClN3/c1-16-6-2-3-12(16)7-11-9-17-8-10(14)4-5-13(17)15-11/h4-5,8-9,12H,2-3,6-7H2,1H3. The second-order valence-electron chi connectivity index (χ2n) is 4.83. The van der Waals surface area contributed by atoms with Crippen molar-refractivity contribution < 1.29 is 0 Å². The van der Waals surface area contributed by atoms with Crippen LogP contribution in [0, 0.1) is 0 Å². The smallest absolute Gasteiger partial charge is 0.137 e.